The molecular formula is C20H22N2O4S. The van der Waals surface area contributed by atoms with E-state index in [1.165, 1.54) is 4.90 Å². The highest BCUT2D eigenvalue weighted by molar-refractivity contribution is 7.18. The third-order valence-electron chi connectivity index (χ3n) is 5.41. The van der Waals surface area contributed by atoms with Gasteiger partial charge in [-0.2, -0.15) is 0 Å². The summed E-state index contributed by atoms with van der Waals surface area (Å²) in [6, 6.07) is 7.97. The minimum absolute atomic E-state index is 0.0344. The van der Waals surface area contributed by atoms with E-state index in [4.69, 9.17) is 9.72 Å². The number of esters is 1. The number of thiazole rings is 1. The van der Waals surface area contributed by atoms with Crippen molar-refractivity contribution in [2.45, 2.75) is 44.4 Å². The van der Waals surface area contributed by atoms with E-state index < -0.39 is 5.91 Å². The number of carbonyl (C=O) groups excluding carboxylic acids is 3. The molecule has 1 saturated carbocycles. The first-order valence-electron chi connectivity index (χ1n) is 9.49. The predicted molar refractivity (Wildman–Crippen MR) is 101 cm³/mol. The molecule has 2 aromatic rings. The van der Waals surface area contributed by atoms with Gasteiger partial charge in [-0.3, -0.25) is 19.3 Å². The molecule has 2 heterocycles. The van der Waals surface area contributed by atoms with Gasteiger partial charge in [0, 0.05) is 18.9 Å². The molecule has 6 nitrogen and oxygen atoms in total. The van der Waals surface area contributed by atoms with Crippen LogP contribution in [0.1, 0.15) is 49.5 Å². The number of carbonyl (C=O) groups is 3. The minimum Gasteiger partial charge on any atom is -0.455 e. The molecule has 2 fully saturated rings. The summed E-state index contributed by atoms with van der Waals surface area (Å²) < 4.78 is 6.44. The van der Waals surface area contributed by atoms with Gasteiger partial charge in [0.15, 0.2) is 6.61 Å². The molecule has 0 spiro atoms. The molecule has 2 amide bonds. The van der Waals surface area contributed by atoms with E-state index in [1.807, 2.05) is 24.3 Å². The van der Waals surface area contributed by atoms with Gasteiger partial charge in [-0.1, -0.05) is 25.0 Å². The number of rotatable bonds is 4. The fraction of sp³-hybridized carbons (Fsp3) is 0.500. The summed E-state index contributed by atoms with van der Waals surface area (Å²) in [5.41, 5.74) is 0.956. The van der Waals surface area contributed by atoms with Crippen LogP contribution in [-0.2, 0) is 19.1 Å². The second kappa shape index (κ2) is 7.76. The van der Waals surface area contributed by atoms with E-state index in [1.54, 1.807) is 11.3 Å². The fourth-order valence-corrected chi connectivity index (χ4v) is 5.15. The van der Waals surface area contributed by atoms with Crippen molar-refractivity contribution in [3.05, 3.63) is 29.3 Å². The number of aromatic nitrogens is 1. The van der Waals surface area contributed by atoms with Crippen molar-refractivity contribution >= 4 is 39.3 Å². The Balaban J connectivity index is 1.44. The average molecular weight is 386 g/mol. The lowest BCUT2D eigenvalue weighted by Gasteiger charge is -2.28. The lowest BCUT2D eigenvalue weighted by molar-refractivity contribution is -0.158. The summed E-state index contributed by atoms with van der Waals surface area (Å²) in [6.45, 7) is 0.0701. The van der Waals surface area contributed by atoms with Crippen LogP contribution in [0.3, 0.4) is 0 Å². The molecule has 2 aliphatic rings. The SMILES string of the molecule is O=C(OCC(=O)N1CCCC1=O)[C@H]1CCCC[C@@H]1c1nc2ccccc2s1. The van der Waals surface area contributed by atoms with Crippen LogP contribution < -0.4 is 0 Å². The highest BCUT2D eigenvalue weighted by atomic mass is 32.1. The molecule has 142 valence electrons. The molecule has 2 atom stereocenters. The van der Waals surface area contributed by atoms with E-state index in [-0.39, 0.29) is 30.3 Å². The van der Waals surface area contributed by atoms with E-state index >= 15 is 0 Å². The Morgan fingerprint density at radius 1 is 1.19 bits per heavy atom. The molecule has 1 aliphatic heterocycles. The van der Waals surface area contributed by atoms with E-state index in [9.17, 15) is 14.4 Å². The number of hydrogen-bond acceptors (Lipinski definition) is 6. The Kier molecular flexibility index (Phi) is 5.20. The molecule has 1 aromatic carbocycles. The quantitative estimate of drug-likeness (QED) is 0.754. The maximum Gasteiger partial charge on any atom is 0.310 e. The second-order valence-corrected chi connectivity index (χ2v) is 8.23. The van der Waals surface area contributed by atoms with Crippen LogP contribution in [0.15, 0.2) is 24.3 Å². The lowest BCUT2D eigenvalue weighted by atomic mass is 9.79. The van der Waals surface area contributed by atoms with Crippen molar-refractivity contribution < 1.29 is 19.1 Å². The molecular weight excluding hydrogens is 364 g/mol. The number of fused-ring (bicyclic) bond motifs is 1. The Hall–Kier alpha value is -2.28. The molecule has 27 heavy (non-hydrogen) atoms. The van der Waals surface area contributed by atoms with Gasteiger partial charge in [0.2, 0.25) is 5.91 Å². The average Bonchev–Trinajstić information content (AvgIpc) is 3.31. The van der Waals surface area contributed by atoms with Crippen molar-refractivity contribution in [1.82, 2.24) is 9.88 Å². The van der Waals surface area contributed by atoms with Crippen LogP contribution in [0.4, 0.5) is 0 Å². The smallest absolute Gasteiger partial charge is 0.310 e. The first-order valence-corrected chi connectivity index (χ1v) is 10.3. The van der Waals surface area contributed by atoms with Gasteiger partial charge >= 0.3 is 5.97 Å². The summed E-state index contributed by atoms with van der Waals surface area (Å²) in [7, 11) is 0. The third kappa shape index (κ3) is 3.74. The molecule has 1 aromatic heterocycles. The first kappa shape index (κ1) is 18.1. The summed E-state index contributed by atoms with van der Waals surface area (Å²) in [5, 5.41) is 0.971. The monoisotopic (exact) mass is 386 g/mol. The summed E-state index contributed by atoms with van der Waals surface area (Å²) >= 11 is 1.63. The highest BCUT2D eigenvalue weighted by Gasteiger charge is 2.36. The number of imide groups is 1. The van der Waals surface area contributed by atoms with Crippen molar-refractivity contribution in [2.24, 2.45) is 5.92 Å². The molecule has 7 heteroatoms. The van der Waals surface area contributed by atoms with E-state index in [0.29, 0.717) is 19.4 Å². The lowest BCUT2D eigenvalue weighted by Crippen LogP contribution is -2.37. The second-order valence-electron chi connectivity index (χ2n) is 7.17. The molecule has 1 saturated heterocycles. The molecule has 0 unspecified atom stereocenters. The Labute approximate surface area is 161 Å². The summed E-state index contributed by atoms with van der Waals surface area (Å²) in [6.07, 6.45) is 4.75. The summed E-state index contributed by atoms with van der Waals surface area (Å²) in [4.78, 5) is 42.4. The summed E-state index contributed by atoms with van der Waals surface area (Å²) in [5.74, 6) is -1.19. The number of para-hydroxylation sites is 1. The zero-order valence-corrected chi connectivity index (χ0v) is 15.9. The van der Waals surface area contributed by atoms with Crippen LogP contribution in [0, 0.1) is 5.92 Å². The standard InChI is InChI=1S/C20H22N2O4S/c23-17-10-5-11-22(17)18(24)12-26-20(25)14-7-2-1-6-13(14)19-21-15-8-3-4-9-16(15)27-19/h3-4,8-9,13-14H,1-2,5-7,10-12H2/t13-,14-/m0/s1. The number of likely N-dealkylation sites (tertiary alicyclic amines) is 1. The Bertz CT molecular complexity index is 845. The zero-order chi connectivity index (χ0) is 18.8. The number of benzene rings is 1. The molecule has 0 radical (unpaired) electrons. The molecule has 0 bridgehead atoms. The fourth-order valence-electron chi connectivity index (χ4n) is 3.99. The van der Waals surface area contributed by atoms with Crippen molar-refractivity contribution in [3.8, 4) is 0 Å². The van der Waals surface area contributed by atoms with E-state index in [0.717, 1.165) is 40.9 Å². The van der Waals surface area contributed by atoms with Gasteiger partial charge in [0.05, 0.1) is 21.1 Å². The van der Waals surface area contributed by atoms with Crippen LogP contribution in [0.2, 0.25) is 0 Å². The van der Waals surface area contributed by atoms with Crippen LogP contribution in [-0.4, -0.2) is 40.8 Å². The minimum atomic E-state index is -0.418. The van der Waals surface area contributed by atoms with Crippen LogP contribution in [0.25, 0.3) is 10.2 Å². The molecule has 0 N–H and O–H groups in total. The molecule has 4 rings (SSSR count). The number of amides is 2. The Morgan fingerprint density at radius 2 is 2.00 bits per heavy atom. The maximum absolute atomic E-state index is 12.7. The largest absolute Gasteiger partial charge is 0.455 e. The number of ether oxygens (including phenoxy) is 1. The van der Waals surface area contributed by atoms with Gasteiger partial charge in [-0.15, -0.1) is 11.3 Å². The van der Waals surface area contributed by atoms with Crippen molar-refractivity contribution in [1.29, 1.82) is 0 Å². The van der Waals surface area contributed by atoms with Gasteiger partial charge in [0.1, 0.15) is 0 Å². The van der Waals surface area contributed by atoms with Crippen LogP contribution in [0.5, 0.6) is 0 Å². The van der Waals surface area contributed by atoms with Crippen molar-refractivity contribution in [3.63, 3.8) is 0 Å². The van der Waals surface area contributed by atoms with Crippen LogP contribution >= 0.6 is 11.3 Å². The zero-order valence-electron chi connectivity index (χ0n) is 15.1. The van der Waals surface area contributed by atoms with Gasteiger partial charge in [-0.25, -0.2) is 4.98 Å². The first-order chi connectivity index (χ1) is 13.1. The van der Waals surface area contributed by atoms with E-state index in [2.05, 4.69) is 0 Å². The van der Waals surface area contributed by atoms with Crippen molar-refractivity contribution in [2.75, 3.05) is 13.2 Å². The van der Waals surface area contributed by atoms with Gasteiger partial charge in [0.25, 0.3) is 5.91 Å². The number of hydrogen-bond donors (Lipinski definition) is 0. The molecule has 1 aliphatic carbocycles. The predicted octanol–water partition coefficient (Wildman–Crippen LogP) is 3.26. The van der Waals surface area contributed by atoms with Gasteiger partial charge < -0.3 is 4.74 Å². The Morgan fingerprint density at radius 3 is 2.78 bits per heavy atom. The maximum atomic E-state index is 12.7. The van der Waals surface area contributed by atoms with Gasteiger partial charge in [-0.05, 0) is 31.4 Å². The topological polar surface area (TPSA) is 76.6 Å². The highest BCUT2D eigenvalue weighted by Crippen LogP contribution is 2.41. The normalized spacial score (nSPS) is 23.0. The number of nitrogens with zero attached hydrogens (tertiary/aromatic N) is 2. The third-order valence-corrected chi connectivity index (χ3v) is 6.58.